The molecule has 0 aliphatic carbocycles. The summed E-state index contributed by atoms with van der Waals surface area (Å²) < 4.78 is 178. The molecule has 0 fully saturated rings. The molecule has 7 aromatic carbocycles. The van der Waals surface area contributed by atoms with Gasteiger partial charge in [0.15, 0.2) is 0 Å². The van der Waals surface area contributed by atoms with Crippen molar-refractivity contribution in [3.63, 3.8) is 0 Å². The van der Waals surface area contributed by atoms with Crippen LogP contribution in [0.5, 0.6) is 0 Å². The lowest BCUT2D eigenvalue weighted by molar-refractivity contribution is 1.11. The molecular weight excluding hydrogens is 472 g/mol. The Morgan fingerprint density at radius 3 is 1.85 bits per heavy atom. The summed E-state index contributed by atoms with van der Waals surface area (Å²) in [6.07, 6.45) is 0. The van der Waals surface area contributed by atoms with Gasteiger partial charge in [-0.3, -0.25) is 4.57 Å². The Balaban J connectivity index is 1.76. The molecule has 39 heavy (non-hydrogen) atoms. The molecule has 0 bridgehead atoms. The van der Waals surface area contributed by atoms with Crippen LogP contribution in [0, 0.1) is 0 Å². The first kappa shape index (κ1) is 9.83. The van der Waals surface area contributed by atoms with Crippen LogP contribution in [0.1, 0.15) is 27.4 Å². The minimum atomic E-state index is -0.853. The lowest BCUT2D eigenvalue weighted by Crippen LogP contribution is -1.99. The van der Waals surface area contributed by atoms with Crippen LogP contribution in [0.3, 0.4) is 0 Å². The topological polar surface area (TPSA) is 17.8 Å². The van der Waals surface area contributed by atoms with Gasteiger partial charge >= 0.3 is 0 Å². The number of para-hydroxylation sites is 3. The third-order valence-electron chi connectivity index (χ3n) is 6.37. The van der Waals surface area contributed by atoms with Crippen molar-refractivity contribution in [1.29, 1.82) is 0 Å². The summed E-state index contributed by atoms with van der Waals surface area (Å²) >= 11 is 0. The van der Waals surface area contributed by atoms with Crippen molar-refractivity contribution in [2.75, 3.05) is 0 Å². The zero-order valence-corrected chi connectivity index (χ0v) is 19.7. The van der Waals surface area contributed by atoms with E-state index in [1.54, 1.807) is 12.1 Å². The standard InChI is InChI=1S/C37H24N2/c1-2-14-28(15-3-1)39-34-21-11-10-20-33(34)38-37(39)36-31-18-8-6-16-29(31)35(30-17-7-9-19-32(30)36)27-23-22-25-12-4-5-13-26(25)24-27/h1-24H/i1D,2D,3D,4D,5D,6D,7D,8D,9D,12D,13D,14D,15D,16D,17D,18D,19D,22D,23D,24D. The van der Waals surface area contributed by atoms with E-state index in [0.29, 0.717) is 0 Å². The van der Waals surface area contributed by atoms with Crippen molar-refractivity contribution in [3.8, 4) is 28.2 Å². The molecule has 2 nitrogen and oxygen atoms in total. The molecule has 1 heterocycles. The monoisotopic (exact) mass is 516 g/mol. The zero-order valence-electron chi connectivity index (χ0n) is 39.7. The van der Waals surface area contributed by atoms with E-state index in [1.807, 2.05) is 0 Å². The van der Waals surface area contributed by atoms with Gasteiger partial charge < -0.3 is 0 Å². The maximum atomic E-state index is 9.41. The first-order chi connectivity index (χ1) is 27.7. The van der Waals surface area contributed by atoms with Crippen molar-refractivity contribution in [3.05, 3.63) is 145 Å². The summed E-state index contributed by atoms with van der Waals surface area (Å²) in [4.78, 5) is 4.73. The van der Waals surface area contributed by atoms with Crippen molar-refractivity contribution in [2.24, 2.45) is 0 Å². The molecule has 0 radical (unpaired) electrons. The summed E-state index contributed by atoms with van der Waals surface area (Å²) in [5, 5.41) is -3.02. The van der Waals surface area contributed by atoms with Gasteiger partial charge in [0.1, 0.15) is 5.82 Å². The first-order valence-corrected chi connectivity index (χ1v) is 11.7. The SMILES string of the molecule is [2H]c1c([2H])c([2H])c(-n2c(-c3c4c([2H])c([2H])c([2H])c([2H])c4c(-c4c([2H])c([2H])c5c([2H])c([2H])c([2H])c([2H])c5c4[2H])c4c([2H])c([2H])c([2H])c([2H])c34)nc3ccccc32)c([2H])c1[2H]. The molecule has 0 N–H and O–H groups in total. The molecule has 0 aliphatic heterocycles. The van der Waals surface area contributed by atoms with Gasteiger partial charge in [-0.1, -0.05) is 115 Å². The van der Waals surface area contributed by atoms with Gasteiger partial charge in [0.25, 0.3) is 0 Å². The highest BCUT2D eigenvalue weighted by Gasteiger charge is 2.21. The highest BCUT2D eigenvalue weighted by molar-refractivity contribution is 6.21. The highest BCUT2D eigenvalue weighted by atomic mass is 15.1. The van der Waals surface area contributed by atoms with Crippen molar-refractivity contribution in [1.82, 2.24) is 9.55 Å². The Labute approximate surface area is 254 Å². The highest BCUT2D eigenvalue weighted by Crippen LogP contribution is 2.44. The van der Waals surface area contributed by atoms with E-state index in [4.69, 9.17) is 24.2 Å². The molecule has 0 saturated carbocycles. The molecule has 0 spiro atoms. The second-order valence-electron chi connectivity index (χ2n) is 8.48. The van der Waals surface area contributed by atoms with Crippen LogP contribution in [0.2, 0.25) is 0 Å². The average Bonchev–Trinajstić information content (AvgIpc) is 3.59. The second kappa shape index (κ2) is 8.68. The normalized spacial score (nSPS) is 18.8. The molecule has 2 heteroatoms. The van der Waals surface area contributed by atoms with Crippen LogP contribution in [-0.4, -0.2) is 9.55 Å². The second-order valence-corrected chi connectivity index (χ2v) is 8.48. The molecule has 182 valence electrons. The summed E-state index contributed by atoms with van der Waals surface area (Å²) in [6, 6.07) is -9.44. The summed E-state index contributed by atoms with van der Waals surface area (Å²) in [5.41, 5.74) is -1.74. The van der Waals surface area contributed by atoms with Crippen molar-refractivity contribution >= 4 is 43.4 Å². The Hall–Kier alpha value is -5.21. The van der Waals surface area contributed by atoms with E-state index in [9.17, 15) is 8.22 Å². The van der Waals surface area contributed by atoms with Gasteiger partial charge in [-0.25, -0.2) is 4.98 Å². The van der Waals surface area contributed by atoms with Crippen LogP contribution >= 0.6 is 0 Å². The van der Waals surface area contributed by atoms with Gasteiger partial charge in [0, 0.05) is 11.3 Å². The Morgan fingerprint density at radius 1 is 0.538 bits per heavy atom. The van der Waals surface area contributed by atoms with E-state index in [0.717, 1.165) is 4.57 Å². The van der Waals surface area contributed by atoms with Crippen LogP contribution in [0.25, 0.3) is 71.6 Å². The summed E-state index contributed by atoms with van der Waals surface area (Å²) in [6.45, 7) is 0. The predicted molar refractivity (Wildman–Crippen MR) is 164 cm³/mol. The Morgan fingerprint density at radius 2 is 1.13 bits per heavy atom. The van der Waals surface area contributed by atoms with Gasteiger partial charge in [-0.2, -0.15) is 0 Å². The molecule has 0 saturated heterocycles. The Kier molecular flexibility index (Phi) is 2.19. The van der Waals surface area contributed by atoms with E-state index in [1.165, 1.54) is 12.1 Å². The molecule has 0 atom stereocenters. The summed E-state index contributed by atoms with van der Waals surface area (Å²) in [7, 11) is 0. The number of hydrogen-bond acceptors (Lipinski definition) is 1. The number of rotatable bonds is 3. The number of aromatic nitrogens is 2. The number of nitrogens with zero attached hydrogens (tertiary/aromatic N) is 2. The van der Waals surface area contributed by atoms with Gasteiger partial charge in [0.05, 0.1) is 38.4 Å². The molecule has 0 unspecified atom stereocenters. The fourth-order valence-corrected chi connectivity index (χ4v) is 4.78. The quantitative estimate of drug-likeness (QED) is 0.214. The van der Waals surface area contributed by atoms with Crippen molar-refractivity contribution in [2.45, 2.75) is 0 Å². The lowest BCUT2D eigenvalue weighted by Gasteiger charge is -2.18. The zero-order chi connectivity index (χ0) is 43.2. The van der Waals surface area contributed by atoms with E-state index in [-0.39, 0.29) is 16.9 Å². The number of fused-ring (bicyclic) bond motifs is 4. The van der Waals surface area contributed by atoms with Gasteiger partial charge in [-0.05, 0) is 73.7 Å². The van der Waals surface area contributed by atoms with Gasteiger partial charge in [0.2, 0.25) is 0 Å². The fraction of sp³-hybridized carbons (Fsp3) is 0. The van der Waals surface area contributed by atoms with E-state index in [2.05, 4.69) is 0 Å². The number of benzene rings is 7. The van der Waals surface area contributed by atoms with E-state index >= 15 is 0 Å². The molecule has 1 aromatic heterocycles. The fourth-order valence-electron chi connectivity index (χ4n) is 4.78. The molecule has 8 rings (SSSR count). The third kappa shape index (κ3) is 3.39. The lowest BCUT2D eigenvalue weighted by atomic mass is 9.87. The first-order valence-electron chi connectivity index (χ1n) is 21.7. The van der Waals surface area contributed by atoms with E-state index < -0.39 is 176 Å². The number of imidazole rings is 1. The summed E-state index contributed by atoms with van der Waals surface area (Å²) in [5.74, 6) is -0.368. The smallest absolute Gasteiger partial charge is 0.146 e. The Bertz CT molecular complexity index is 3170. The van der Waals surface area contributed by atoms with Gasteiger partial charge in [-0.15, -0.1) is 0 Å². The van der Waals surface area contributed by atoms with Crippen molar-refractivity contribution < 1.29 is 27.4 Å². The molecule has 0 aliphatic rings. The average molecular weight is 517 g/mol. The maximum absolute atomic E-state index is 9.41. The minimum Gasteiger partial charge on any atom is -0.292 e. The maximum Gasteiger partial charge on any atom is 0.146 e. The molecule has 8 aromatic rings. The number of hydrogen-bond donors (Lipinski definition) is 0. The molecule has 0 amide bonds. The van der Waals surface area contributed by atoms with Crippen LogP contribution in [0.4, 0.5) is 0 Å². The minimum absolute atomic E-state index is 0.137. The third-order valence-corrected chi connectivity index (χ3v) is 6.37. The predicted octanol–water partition coefficient (Wildman–Crippen LogP) is 9.82. The molecular formula is C37H24N2. The van der Waals surface area contributed by atoms with Crippen LogP contribution < -0.4 is 0 Å². The largest absolute Gasteiger partial charge is 0.292 e. The van der Waals surface area contributed by atoms with Crippen LogP contribution in [0.15, 0.2) is 145 Å². The van der Waals surface area contributed by atoms with Crippen LogP contribution in [-0.2, 0) is 0 Å².